The molecule has 6 heteroatoms. The average Bonchev–Trinajstić information content (AvgIpc) is 2.94. The van der Waals surface area contributed by atoms with Crippen molar-refractivity contribution in [2.45, 2.75) is 24.5 Å². The second-order valence-corrected chi connectivity index (χ2v) is 9.99. The third kappa shape index (κ3) is 3.60. The number of rotatable bonds is 5. The van der Waals surface area contributed by atoms with Gasteiger partial charge < -0.3 is 9.67 Å². The second kappa shape index (κ2) is 7.35. The number of aliphatic hydroxyl groups is 1. The van der Waals surface area contributed by atoms with Gasteiger partial charge in [-0.2, -0.15) is 0 Å². The van der Waals surface area contributed by atoms with E-state index >= 15 is 0 Å². The first kappa shape index (κ1) is 19.2. The summed E-state index contributed by atoms with van der Waals surface area (Å²) in [4.78, 5) is 0.232. The Bertz CT molecular complexity index is 1200. The number of hydrogen-bond donors (Lipinski definition) is 1. The SMILES string of the molecule is Cc1ccc2c(c1)c1cc(Br)ccc1n2C[C@@H](O)CS(=O)(=O)c1ccccc1. The Morgan fingerprint density at radius 1 is 0.964 bits per heavy atom. The lowest BCUT2D eigenvalue weighted by atomic mass is 10.1. The Morgan fingerprint density at radius 3 is 2.32 bits per heavy atom. The summed E-state index contributed by atoms with van der Waals surface area (Å²) < 4.78 is 28.2. The standard InChI is InChI=1S/C22H20BrNO3S/c1-15-7-9-21-19(11-15)20-12-16(23)8-10-22(20)24(21)13-17(25)14-28(26,27)18-5-3-2-4-6-18/h2-12,17,25H,13-14H2,1H3/t17-/m1/s1. The molecule has 144 valence electrons. The zero-order valence-corrected chi connectivity index (χ0v) is 17.7. The maximum absolute atomic E-state index is 12.6. The molecular weight excluding hydrogens is 438 g/mol. The van der Waals surface area contributed by atoms with Gasteiger partial charge in [-0.05, 0) is 49.4 Å². The van der Waals surface area contributed by atoms with Crippen LogP contribution >= 0.6 is 15.9 Å². The van der Waals surface area contributed by atoms with Crippen LogP contribution in [0.25, 0.3) is 21.8 Å². The average molecular weight is 458 g/mol. The summed E-state index contributed by atoms with van der Waals surface area (Å²) in [5.41, 5.74) is 3.11. The minimum absolute atomic E-state index is 0.205. The molecule has 0 radical (unpaired) electrons. The van der Waals surface area contributed by atoms with Crippen LogP contribution < -0.4 is 0 Å². The number of aromatic nitrogens is 1. The van der Waals surface area contributed by atoms with Gasteiger partial charge in [-0.25, -0.2) is 8.42 Å². The molecule has 1 heterocycles. The summed E-state index contributed by atoms with van der Waals surface area (Å²) in [6, 6.07) is 20.4. The molecule has 0 bridgehead atoms. The lowest BCUT2D eigenvalue weighted by Gasteiger charge is -2.14. The number of aliphatic hydroxyl groups excluding tert-OH is 1. The maximum Gasteiger partial charge on any atom is 0.180 e. The number of halogens is 1. The van der Waals surface area contributed by atoms with Gasteiger partial charge >= 0.3 is 0 Å². The highest BCUT2D eigenvalue weighted by molar-refractivity contribution is 9.10. The van der Waals surface area contributed by atoms with E-state index in [-0.39, 0.29) is 17.2 Å². The van der Waals surface area contributed by atoms with Gasteiger partial charge in [0.15, 0.2) is 9.84 Å². The van der Waals surface area contributed by atoms with E-state index in [9.17, 15) is 13.5 Å². The molecule has 0 spiro atoms. The number of hydrogen-bond acceptors (Lipinski definition) is 3. The van der Waals surface area contributed by atoms with E-state index in [1.807, 2.05) is 35.8 Å². The molecule has 0 aliphatic heterocycles. The van der Waals surface area contributed by atoms with Gasteiger partial charge in [-0.15, -0.1) is 0 Å². The molecule has 0 saturated heterocycles. The van der Waals surface area contributed by atoms with E-state index in [2.05, 4.69) is 28.1 Å². The van der Waals surface area contributed by atoms with Crippen molar-refractivity contribution in [1.82, 2.24) is 4.57 Å². The fourth-order valence-corrected chi connectivity index (χ4v) is 5.36. The monoisotopic (exact) mass is 457 g/mol. The molecule has 4 nitrogen and oxygen atoms in total. The van der Waals surface area contributed by atoms with Crippen LogP contribution in [0.15, 0.2) is 76.1 Å². The van der Waals surface area contributed by atoms with Crippen LogP contribution in [0.4, 0.5) is 0 Å². The van der Waals surface area contributed by atoms with Crippen molar-refractivity contribution < 1.29 is 13.5 Å². The minimum Gasteiger partial charge on any atom is -0.390 e. The molecule has 4 aromatic rings. The van der Waals surface area contributed by atoms with Crippen molar-refractivity contribution in [1.29, 1.82) is 0 Å². The quantitative estimate of drug-likeness (QED) is 0.472. The third-order valence-corrected chi connectivity index (χ3v) is 7.20. The summed E-state index contributed by atoms with van der Waals surface area (Å²) in [6.07, 6.45) is -1.02. The Kier molecular flexibility index (Phi) is 5.04. The van der Waals surface area contributed by atoms with Crippen molar-refractivity contribution >= 4 is 47.6 Å². The molecule has 1 N–H and O–H groups in total. The molecule has 1 atom stereocenters. The number of benzene rings is 3. The number of aryl methyl sites for hydroxylation is 1. The lowest BCUT2D eigenvalue weighted by molar-refractivity contribution is 0.179. The Balaban J connectivity index is 1.73. The predicted molar refractivity (Wildman–Crippen MR) is 116 cm³/mol. The molecule has 0 amide bonds. The summed E-state index contributed by atoms with van der Waals surface area (Å²) >= 11 is 3.52. The minimum atomic E-state index is -3.55. The first-order valence-electron chi connectivity index (χ1n) is 8.99. The molecule has 0 fully saturated rings. The van der Waals surface area contributed by atoms with Crippen LogP contribution in [-0.2, 0) is 16.4 Å². The van der Waals surface area contributed by atoms with Crippen LogP contribution in [0.2, 0.25) is 0 Å². The zero-order valence-electron chi connectivity index (χ0n) is 15.3. The summed E-state index contributed by atoms with van der Waals surface area (Å²) in [7, 11) is -3.55. The molecule has 28 heavy (non-hydrogen) atoms. The van der Waals surface area contributed by atoms with Gasteiger partial charge in [0.2, 0.25) is 0 Å². The van der Waals surface area contributed by atoms with Crippen LogP contribution in [0.5, 0.6) is 0 Å². The van der Waals surface area contributed by atoms with Gasteiger partial charge in [0.05, 0.1) is 23.3 Å². The van der Waals surface area contributed by atoms with Gasteiger partial charge in [-0.3, -0.25) is 0 Å². The first-order chi connectivity index (χ1) is 13.3. The normalized spacial score (nSPS) is 13.2. The van der Waals surface area contributed by atoms with Crippen molar-refractivity contribution in [3.8, 4) is 0 Å². The van der Waals surface area contributed by atoms with Crippen LogP contribution in [0.1, 0.15) is 5.56 Å². The number of nitrogens with zero attached hydrogens (tertiary/aromatic N) is 1. The van der Waals surface area contributed by atoms with Gasteiger partial charge in [0.1, 0.15) is 0 Å². The highest BCUT2D eigenvalue weighted by atomic mass is 79.9. The van der Waals surface area contributed by atoms with Crippen LogP contribution in [0, 0.1) is 6.92 Å². The molecular formula is C22H20BrNO3S. The van der Waals surface area contributed by atoms with Crippen molar-refractivity contribution in [3.05, 3.63) is 76.8 Å². The fraction of sp³-hybridized carbons (Fsp3) is 0.182. The van der Waals surface area contributed by atoms with Gasteiger partial charge in [0.25, 0.3) is 0 Å². The topological polar surface area (TPSA) is 59.3 Å². The molecule has 0 saturated carbocycles. The van der Waals surface area contributed by atoms with Crippen molar-refractivity contribution in [3.63, 3.8) is 0 Å². The molecule has 3 aromatic carbocycles. The van der Waals surface area contributed by atoms with Crippen molar-refractivity contribution in [2.24, 2.45) is 0 Å². The molecule has 4 rings (SSSR count). The fourth-order valence-electron chi connectivity index (χ4n) is 3.63. The predicted octanol–water partition coefficient (Wildman–Crippen LogP) is 4.70. The second-order valence-electron chi connectivity index (χ2n) is 7.04. The highest BCUT2D eigenvalue weighted by Gasteiger charge is 2.21. The maximum atomic E-state index is 12.6. The highest BCUT2D eigenvalue weighted by Crippen LogP contribution is 2.32. The number of fused-ring (bicyclic) bond motifs is 3. The Labute approximate surface area is 172 Å². The van der Waals surface area contributed by atoms with Gasteiger partial charge in [-0.1, -0.05) is 45.8 Å². The largest absolute Gasteiger partial charge is 0.390 e. The third-order valence-electron chi connectivity index (χ3n) is 4.89. The molecule has 0 unspecified atom stereocenters. The lowest BCUT2D eigenvalue weighted by Crippen LogP contribution is -2.25. The molecule has 0 aliphatic carbocycles. The summed E-state index contributed by atoms with van der Waals surface area (Å²) in [6.45, 7) is 2.25. The van der Waals surface area contributed by atoms with Crippen LogP contribution in [-0.4, -0.2) is 29.9 Å². The Morgan fingerprint density at radius 2 is 1.61 bits per heavy atom. The van der Waals surface area contributed by atoms with E-state index in [1.165, 1.54) is 0 Å². The van der Waals surface area contributed by atoms with E-state index in [4.69, 9.17) is 0 Å². The van der Waals surface area contributed by atoms with E-state index in [0.29, 0.717) is 0 Å². The number of sulfone groups is 1. The zero-order chi connectivity index (χ0) is 19.9. The Hall–Kier alpha value is -2.15. The smallest absolute Gasteiger partial charge is 0.180 e. The molecule has 0 aliphatic rings. The summed E-state index contributed by atoms with van der Waals surface area (Å²) in [5.74, 6) is -0.319. The van der Waals surface area contributed by atoms with Crippen molar-refractivity contribution in [2.75, 3.05) is 5.75 Å². The van der Waals surface area contributed by atoms with Crippen LogP contribution in [0.3, 0.4) is 0 Å². The first-order valence-corrected chi connectivity index (χ1v) is 11.4. The van der Waals surface area contributed by atoms with Gasteiger partial charge in [0, 0.05) is 26.3 Å². The van der Waals surface area contributed by atoms with E-state index in [0.717, 1.165) is 31.8 Å². The molecule has 1 aromatic heterocycles. The summed E-state index contributed by atoms with van der Waals surface area (Å²) in [5, 5.41) is 12.8. The van der Waals surface area contributed by atoms with E-state index < -0.39 is 15.9 Å². The van der Waals surface area contributed by atoms with E-state index in [1.54, 1.807) is 30.3 Å².